The van der Waals surface area contributed by atoms with Crippen LogP contribution in [0.4, 0.5) is 6.01 Å². The van der Waals surface area contributed by atoms with Gasteiger partial charge in [-0.1, -0.05) is 6.92 Å². The van der Waals surface area contributed by atoms with Crippen molar-refractivity contribution < 1.29 is 9.15 Å². The molecule has 0 spiro atoms. The first-order valence-corrected chi connectivity index (χ1v) is 6.77. The van der Waals surface area contributed by atoms with Gasteiger partial charge in [-0.2, -0.15) is 4.98 Å². The summed E-state index contributed by atoms with van der Waals surface area (Å²) in [5, 5.41) is 3.23. The SMILES string of the molecule is CCNCc1coc(N(C)CC2CCCCO2)n1. The Hall–Kier alpha value is -1.07. The van der Waals surface area contributed by atoms with Gasteiger partial charge in [-0.3, -0.25) is 0 Å². The topological polar surface area (TPSA) is 50.5 Å². The summed E-state index contributed by atoms with van der Waals surface area (Å²) in [7, 11) is 2.00. The second-order valence-corrected chi connectivity index (χ2v) is 4.77. The van der Waals surface area contributed by atoms with E-state index in [0.29, 0.717) is 12.1 Å². The molecule has 18 heavy (non-hydrogen) atoms. The number of hydrogen-bond acceptors (Lipinski definition) is 5. The number of hydrogen-bond donors (Lipinski definition) is 1. The molecule has 5 nitrogen and oxygen atoms in total. The molecule has 1 aliphatic rings. The summed E-state index contributed by atoms with van der Waals surface area (Å²) in [5.74, 6) is 0. The van der Waals surface area contributed by atoms with Crippen LogP contribution in [0, 0.1) is 0 Å². The quantitative estimate of drug-likeness (QED) is 0.837. The van der Waals surface area contributed by atoms with Gasteiger partial charge in [0.15, 0.2) is 0 Å². The Balaban J connectivity index is 1.83. The van der Waals surface area contributed by atoms with E-state index >= 15 is 0 Å². The zero-order valence-electron chi connectivity index (χ0n) is 11.3. The molecule has 1 aromatic rings. The van der Waals surface area contributed by atoms with E-state index in [1.807, 2.05) is 11.9 Å². The molecule has 0 bridgehead atoms. The standard InChI is InChI=1S/C13H23N3O2/c1-3-14-8-11-10-18-13(15-11)16(2)9-12-6-4-5-7-17-12/h10,12,14H,3-9H2,1-2H3. The van der Waals surface area contributed by atoms with Crippen molar-refractivity contribution in [1.82, 2.24) is 10.3 Å². The van der Waals surface area contributed by atoms with Crippen LogP contribution in [0.2, 0.25) is 0 Å². The minimum absolute atomic E-state index is 0.313. The maximum Gasteiger partial charge on any atom is 0.297 e. The van der Waals surface area contributed by atoms with Gasteiger partial charge in [0.1, 0.15) is 6.26 Å². The molecule has 2 rings (SSSR count). The number of rotatable bonds is 6. The minimum atomic E-state index is 0.313. The molecule has 0 radical (unpaired) electrons. The highest BCUT2D eigenvalue weighted by atomic mass is 16.5. The minimum Gasteiger partial charge on any atom is -0.432 e. The molecule has 0 amide bonds. The zero-order chi connectivity index (χ0) is 12.8. The third-order valence-electron chi connectivity index (χ3n) is 3.17. The molecule has 0 saturated carbocycles. The Labute approximate surface area is 109 Å². The third kappa shape index (κ3) is 3.71. The molecule has 1 aliphatic heterocycles. The van der Waals surface area contributed by atoms with E-state index in [9.17, 15) is 0 Å². The Morgan fingerprint density at radius 1 is 1.50 bits per heavy atom. The predicted molar refractivity (Wildman–Crippen MR) is 70.7 cm³/mol. The Morgan fingerprint density at radius 3 is 3.11 bits per heavy atom. The zero-order valence-corrected chi connectivity index (χ0v) is 11.3. The van der Waals surface area contributed by atoms with E-state index in [1.165, 1.54) is 12.8 Å². The second kappa shape index (κ2) is 6.75. The highest BCUT2D eigenvalue weighted by molar-refractivity contribution is 5.25. The van der Waals surface area contributed by atoms with E-state index < -0.39 is 0 Å². The average molecular weight is 253 g/mol. The largest absolute Gasteiger partial charge is 0.432 e. The summed E-state index contributed by atoms with van der Waals surface area (Å²) in [6.45, 7) is 5.51. The van der Waals surface area contributed by atoms with Crippen molar-refractivity contribution in [3.05, 3.63) is 12.0 Å². The van der Waals surface area contributed by atoms with E-state index in [1.54, 1.807) is 6.26 Å². The summed E-state index contributed by atoms with van der Waals surface area (Å²) < 4.78 is 11.2. The molecule has 1 fully saturated rings. The van der Waals surface area contributed by atoms with Crippen LogP contribution < -0.4 is 10.2 Å². The third-order valence-corrected chi connectivity index (χ3v) is 3.17. The Morgan fingerprint density at radius 2 is 2.39 bits per heavy atom. The monoisotopic (exact) mass is 253 g/mol. The number of anilines is 1. The van der Waals surface area contributed by atoms with Crippen LogP contribution in [-0.2, 0) is 11.3 Å². The molecule has 0 aromatic carbocycles. The van der Waals surface area contributed by atoms with Crippen LogP contribution in [-0.4, -0.2) is 37.8 Å². The van der Waals surface area contributed by atoms with Gasteiger partial charge in [-0.15, -0.1) is 0 Å². The van der Waals surface area contributed by atoms with Crippen LogP contribution in [0.25, 0.3) is 0 Å². The van der Waals surface area contributed by atoms with Crippen molar-refractivity contribution >= 4 is 6.01 Å². The fourth-order valence-electron chi connectivity index (χ4n) is 2.14. The summed E-state index contributed by atoms with van der Waals surface area (Å²) in [6.07, 6.45) is 5.61. The number of nitrogens with zero attached hydrogens (tertiary/aromatic N) is 2. The van der Waals surface area contributed by atoms with Crippen LogP contribution in [0.1, 0.15) is 31.9 Å². The summed E-state index contributed by atoms with van der Waals surface area (Å²) >= 11 is 0. The number of ether oxygens (including phenoxy) is 1. The molecular formula is C13H23N3O2. The van der Waals surface area contributed by atoms with Gasteiger partial charge in [0.2, 0.25) is 0 Å². The van der Waals surface area contributed by atoms with Gasteiger partial charge in [-0.25, -0.2) is 0 Å². The normalized spacial score (nSPS) is 20.0. The molecule has 2 heterocycles. The van der Waals surface area contributed by atoms with Crippen molar-refractivity contribution in [3.8, 4) is 0 Å². The Kier molecular flexibility index (Phi) is 5.01. The number of aromatic nitrogens is 1. The molecule has 102 valence electrons. The molecule has 1 unspecified atom stereocenters. The van der Waals surface area contributed by atoms with E-state index in [-0.39, 0.29) is 0 Å². The highest BCUT2D eigenvalue weighted by Gasteiger charge is 2.18. The van der Waals surface area contributed by atoms with E-state index in [2.05, 4.69) is 17.2 Å². The molecule has 1 atom stereocenters. The van der Waals surface area contributed by atoms with Crippen LogP contribution in [0.15, 0.2) is 10.7 Å². The van der Waals surface area contributed by atoms with Crippen molar-refractivity contribution in [1.29, 1.82) is 0 Å². The average Bonchev–Trinajstić information content (AvgIpc) is 2.86. The maximum absolute atomic E-state index is 5.72. The fourth-order valence-corrected chi connectivity index (χ4v) is 2.14. The number of likely N-dealkylation sites (N-methyl/N-ethyl adjacent to an activating group) is 1. The molecular weight excluding hydrogens is 230 g/mol. The van der Waals surface area contributed by atoms with E-state index in [4.69, 9.17) is 9.15 Å². The van der Waals surface area contributed by atoms with Crippen LogP contribution >= 0.6 is 0 Å². The lowest BCUT2D eigenvalue weighted by Crippen LogP contribution is -2.33. The van der Waals surface area contributed by atoms with Gasteiger partial charge >= 0.3 is 0 Å². The number of nitrogens with one attached hydrogen (secondary N) is 1. The lowest BCUT2D eigenvalue weighted by atomic mass is 10.1. The van der Waals surface area contributed by atoms with Crippen molar-refractivity contribution in [2.75, 3.05) is 31.6 Å². The first kappa shape index (κ1) is 13.4. The fraction of sp³-hybridized carbons (Fsp3) is 0.769. The van der Waals surface area contributed by atoms with Gasteiger partial charge in [-0.05, 0) is 25.8 Å². The smallest absolute Gasteiger partial charge is 0.297 e. The first-order valence-electron chi connectivity index (χ1n) is 6.77. The Bertz CT molecular complexity index is 348. The summed E-state index contributed by atoms with van der Waals surface area (Å²) in [6, 6.07) is 0.678. The van der Waals surface area contributed by atoms with Crippen LogP contribution in [0.3, 0.4) is 0 Å². The lowest BCUT2D eigenvalue weighted by Gasteiger charge is -2.26. The lowest BCUT2D eigenvalue weighted by molar-refractivity contribution is 0.0211. The summed E-state index contributed by atoms with van der Waals surface area (Å²) in [4.78, 5) is 6.49. The molecule has 0 aliphatic carbocycles. The first-order chi connectivity index (χ1) is 8.79. The van der Waals surface area contributed by atoms with Crippen molar-refractivity contribution in [2.45, 2.75) is 38.8 Å². The molecule has 5 heteroatoms. The highest BCUT2D eigenvalue weighted by Crippen LogP contribution is 2.17. The summed E-state index contributed by atoms with van der Waals surface area (Å²) in [5.41, 5.74) is 0.947. The second-order valence-electron chi connectivity index (χ2n) is 4.77. The van der Waals surface area contributed by atoms with Crippen molar-refractivity contribution in [2.24, 2.45) is 0 Å². The van der Waals surface area contributed by atoms with Gasteiger partial charge in [0.25, 0.3) is 6.01 Å². The number of oxazole rings is 1. The predicted octanol–water partition coefficient (Wildman–Crippen LogP) is 1.79. The molecule has 1 saturated heterocycles. The van der Waals surface area contributed by atoms with E-state index in [0.717, 1.165) is 38.4 Å². The van der Waals surface area contributed by atoms with Crippen molar-refractivity contribution in [3.63, 3.8) is 0 Å². The molecule has 1 aromatic heterocycles. The molecule has 1 N–H and O–H groups in total. The van der Waals surface area contributed by atoms with Gasteiger partial charge in [0, 0.05) is 26.7 Å². The van der Waals surface area contributed by atoms with Gasteiger partial charge in [0.05, 0.1) is 11.8 Å². The maximum atomic E-state index is 5.72. The van der Waals surface area contributed by atoms with Crippen LogP contribution in [0.5, 0.6) is 0 Å². The van der Waals surface area contributed by atoms with Gasteiger partial charge < -0.3 is 19.4 Å².